The third kappa shape index (κ3) is 2.89. The third-order valence-corrected chi connectivity index (χ3v) is 4.43. The molecule has 1 aliphatic rings. The fourth-order valence-corrected chi connectivity index (χ4v) is 3.33. The summed E-state index contributed by atoms with van der Waals surface area (Å²) < 4.78 is 15.0. The number of nitriles is 2. The summed E-state index contributed by atoms with van der Waals surface area (Å²) in [6.07, 6.45) is 0. The van der Waals surface area contributed by atoms with E-state index in [1.165, 1.54) is 31.2 Å². The van der Waals surface area contributed by atoms with Crippen LogP contribution in [0.15, 0.2) is 24.3 Å². The molecule has 0 heterocycles. The van der Waals surface area contributed by atoms with Gasteiger partial charge < -0.3 is 14.2 Å². The molecule has 1 aromatic rings. The van der Waals surface area contributed by atoms with Gasteiger partial charge in [0, 0.05) is 12.8 Å². The van der Waals surface area contributed by atoms with Gasteiger partial charge >= 0.3 is 17.9 Å². The first kappa shape index (κ1) is 19.9. The maximum absolute atomic E-state index is 12.7. The van der Waals surface area contributed by atoms with Gasteiger partial charge in [-0.15, -0.1) is 0 Å². The van der Waals surface area contributed by atoms with Crippen molar-refractivity contribution in [2.24, 2.45) is 10.8 Å². The molecule has 8 nitrogen and oxygen atoms in total. The number of hydrogen-bond acceptors (Lipinski definition) is 8. The lowest BCUT2D eigenvalue weighted by atomic mass is 9.95. The van der Waals surface area contributed by atoms with Gasteiger partial charge in [0.2, 0.25) is 5.41 Å². The normalized spacial score (nSPS) is 18.3. The second kappa shape index (κ2) is 7.46. The van der Waals surface area contributed by atoms with Crippen LogP contribution in [0.25, 0.3) is 0 Å². The first-order valence-electron chi connectivity index (χ1n) is 8.31. The van der Waals surface area contributed by atoms with Gasteiger partial charge in [0.05, 0.1) is 25.4 Å². The van der Waals surface area contributed by atoms with Gasteiger partial charge in [0.1, 0.15) is 5.75 Å². The van der Waals surface area contributed by atoms with Crippen LogP contribution < -0.4 is 4.74 Å². The van der Waals surface area contributed by atoms with Crippen molar-refractivity contribution in [3.8, 4) is 17.9 Å². The van der Waals surface area contributed by atoms with E-state index in [0.717, 1.165) is 0 Å². The van der Waals surface area contributed by atoms with Crippen LogP contribution >= 0.6 is 0 Å². The molecule has 0 bridgehead atoms. The van der Waals surface area contributed by atoms with Crippen LogP contribution in [0.4, 0.5) is 0 Å². The maximum Gasteiger partial charge on any atom is 0.327 e. The highest BCUT2D eigenvalue weighted by molar-refractivity contribution is 6.09. The van der Waals surface area contributed by atoms with E-state index in [-0.39, 0.29) is 19.0 Å². The molecule has 27 heavy (non-hydrogen) atoms. The Bertz CT molecular complexity index is 814. The smallest absolute Gasteiger partial charge is 0.327 e. The lowest BCUT2D eigenvalue weighted by molar-refractivity contribution is -0.165. The number of nitrogens with zero attached hydrogens (tertiary/aromatic N) is 2. The van der Waals surface area contributed by atoms with Gasteiger partial charge in [-0.2, -0.15) is 10.5 Å². The molecule has 1 saturated carbocycles. The van der Waals surface area contributed by atoms with Crippen LogP contribution in [0.3, 0.4) is 0 Å². The van der Waals surface area contributed by atoms with E-state index in [1.807, 2.05) is 12.1 Å². The Morgan fingerprint density at radius 3 is 1.85 bits per heavy atom. The molecule has 0 N–H and O–H groups in total. The predicted octanol–water partition coefficient (Wildman–Crippen LogP) is 1.86. The second-order valence-electron chi connectivity index (χ2n) is 5.88. The van der Waals surface area contributed by atoms with Crippen molar-refractivity contribution < 1.29 is 28.6 Å². The Hall–Kier alpha value is -3.39. The van der Waals surface area contributed by atoms with E-state index in [9.17, 15) is 24.9 Å². The van der Waals surface area contributed by atoms with E-state index >= 15 is 0 Å². The van der Waals surface area contributed by atoms with Gasteiger partial charge in [-0.3, -0.25) is 14.4 Å². The molecule has 0 aliphatic heterocycles. The lowest BCUT2D eigenvalue weighted by Crippen LogP contribution is -2.35. The highest BCUT2D eigenvalue weighted by Crippen LogP contribution is 2.75. The Labute approximate surface area is 156 Å². The third-order valence-electron chi connectivity index (χ3n) is 4.43. The molecule has 8 heteroatoms. The van der Waals surface area contributed by atoms with E-state index in [2.05, 4.69) is 0 Å². The van der Waals surface area contributed by atoms with Crippen molar-refractivity contribution in [1.82, 2.24) is 0 Å². The minimum atomic E-state index is -2.06. The number of benzene rings is 1. The highest BCUT2D eigenvalue weighted by atomic mass is 16.6. The summed E-state index contributed by atoms with van der Waals surface area (Å²) in [7, 11) is 0. The van der Waals surface area contributed by atoms with Crippen LogP contribution in [0.2, 0.25) is 0 Å². The first-order valence-corrected chi connectivity index (χ1v) is 8.31. The Morgan fingerprint density at radius 2 is 1.48 bits per heavy atom. The zero-order valence-electron chi connectivity index (χ0n) is 15.1. The van der Waals surface area contributed by atoms with Crippen molar-refractivity contribution >= 4 is 17.9 Å². The number of carbonyl (C=O) groups is 3. The summed E-state index contributed by atoms with van der Waals surface area (Å²) in [4.78, 5) is 36.4. The van der Waals surface area contributed by atoms with Gasteiger partial charge in [-0.25, -0.2) is 0 Å². The molecule has 0 radical (unpaired) electrons. The molecule has 1 unspecified atom stereocenters. The zero-order valence-corrected chi connectivity index (χ0v) is 15.1. The number of hydrogen-bond donors (Lipinski definition) is 0. The maximum atomic E-state index is 12.7. The van der Waals surface area contributed by atoms with Crippen molar-refractivity contribution in [3.05, 3.63) is 29.8 Å². The summed E-state index contributed by atoms with van der Waals surface area (Å²) in [6, 6.07) is 9.53. The molecule has 0 spiro atoms. The summed E-state index contributed by atoms with van der Waals surface area (Å²) >= 11 is 0. The molecule has 2 rings (SSSR count). The van der Waals surface area contributed by atoms with Crippen LogP contribution in [0.1, 0.15) is 32.3 Å². The van der Waals surface area contributed by atoms with Crippen LogP contribution in [-0.2, 0) is 23.9 Å². The number of rotatable bonds is 6. The van der Waals surface area contributed by atoms with Crippen LogP contribution in [-0.4, -0.2) is 31.1 Å². The van der Waals surface area contributed by atoms with Crippen molar-refractivity contribution in [3.63, 3.8) is 0 Å². The average molecular weight is 370 g/mol. The molecular formula is C19H18N2O6. The van der Waals surface area contributed by atoms with Crippen LogP contribution in [0, 0.1) is 33.5 Å². The largest absolute Gasteiger partial charge is 0.465 e. The lowest BCUT2D eigenvalue weighted by Gasteiger charge is -2.15. The SMILES string of the molecule is CCOC(=O)C1(C(=O)OCC)C(c2ccc(OC(C)=O)cc2)C1(C#N)C#N. The standard InChI is InChI=1S/C19H18N2O6/c1-4-25-16(23)19(17(24)26-5-2)15(18(19,10-20)11-21)13-6-8-14(9-7-13)27-12(3)22/h6-9,15H,4-5H2,1-3H3. The monoisotopic (exact) mass is 370 g/mol. The number of ether oxygens (including phenoxy) is 3. The fraction of sp³-hybridized carbons (Fsp3) is 0.421. The Balaban J connectivity index is 2.56. The van der Waals surface area contributed by atoms with Crippen molar-refractivity contribution in [2.75, 3.05) is 13.2 Å². The van der Waals surface area contributed by atoms with E-state index < -0.39 is 34.7 Å². The molecule has 0 aromatic heterocycles. The average Bonchev–Trinajstić information content (AvgIpc) is 3.27. The molecule has 0 amide bonds. The summed E-state index contributed by atoms with van der Waals surface area (Å²) in [6.45, 7) is 4.32. The van der Waals surface area contributed by atoms with E-state index in [4.69, 9.17) is 14.2 Å². The van der Waals surface area contributed by atoms with E-state index in [1.54, 1.807) is 13.8 Å². The first-order chi connectivity index (χ1) is 12.8. The van der Waals surface area contributed by atoms with Crippen molar-refractivity contribution in [2.45, 2.75) is 26.7 Å². The fourth-order valence-electron chi connectivity index (χ4n) is 3.33. The van der Waals surface area contributed by atoms with Gasteiger partial charge in [-0.05, 0) is 31.5 Å². The van der Waals surface area contributed by atoms with E-state index in [0.29, 0.717) is 5.56 Å². The minimum absolute atomic E-state index is 0.0228. The zero-order chi connectivity index (χ0) is 20.2. The van der Waals surface area contributed by atoms with Crippen molar-refractivity contribution in [1.29, 1.82) is 10.5 Å². The predicted molar refractivity (Wildman–Crippen MR) is 89.9 cm³/mol. The van der Waals surface area contributed by atoms with Crippen LogP contribution in [0.5, 0.6) is 5.75 Å². The molecule has 0 saturated heterocycles. The van der Waals surface area contributed by atoms with Gasteiger partial charge in [0.25, 0.3) is 0 Å². The second-order valence-corrected chi connectivity index (χ2v) is 5.88. The Morgan fingerprint density at radius 1 is 1.00 bits per heavy atom. The summed E-state index contributed by atoms with van der Waals surface area (Å²) in [5.41, 5.74) is -3.63. The minimum Gasteiger partial charge on any atom is -0.465 e. The molecular weight excluding hydrogens is 352 g/mol. The highest BCUT2D eigenvalue weighted by Gasteiger charge is 2.89. The van der Waals surface area contributed by atoms with Gasteiger partial charge in [-0.1, -0.05) is 12.1 Å². The van der Waals surface area contributed by atoms with Gasteiger partial charge in [0.15, 0.2) is 5.41 Å². The summed E-state index contributed by atoms with van der Waals surface area (Å²) in [5.74, 6) is -3.26. The molecule has 1 aromatic carbocycles. The molecule has 1 atom stereocenters. The number of esters is 3. The topological polar surface area (TPSA) is 126 Å². The Kier molecular flexibility index (Phi) is 5.51. The molecule has 1 fully saturated rings. The quantitative estimate of drug-likeness (QED) is 0.422. The molecule has 140 valence electrons. The summed E-state index contributed by atoms with van der Waals surface area (Å²) in [5, 5.41) is 19.3. The number of carbonyl (C=O) groups excluding carboxylic acids is 3. The molecule has 1 aliphatic carbocycles.